The van der Waals surface area contributed by atoms with E-state index in [4.69, 9.17) is 20.8 Å². The predicted octanol–water partition coefficient (Wildman–Crippen LogP) is 3.90. The number of carboxylic acid groups (broad SMARTS) is 1. The molecule has 0 saturated carbocycles. The number of fused-ring (bicyclic) bond motifs is 1. The van der Waals surface area contributed by atoms with Gasteiger partial charge in [0, 0.05) is 23.5 Å². The molecule has 13 heteroatoms. The van der Waals surface area contributed by atoms with Crippen molar-refractivity contribution in [1.82, 2.24) is 24.1 Å². The SMILES string of the molecule is C[C@@H](Cn1c(=O)nc(Nc2ccc(Oc3nc4ncccc4o3)cc2)n(Cc2ccc(Cl)cc2)c1=O)C(=O)O. The van der Waals surface area contributed by atoms with Crippen molar-refractivity contribution >= 4 is 40.4 Å². The van der Waals surface area contributed by atoms with Gasteiger partial charge in [0.05, 0.1) is 12.5 Å². The number of anilines is 2. The van der Waals surface area contributed by atoms with Crippen molar-refractivity contribution in [3.05, 3.63) is 98.4 Å². The molecule has 2 N–H and O–H groups in total. The lowest BCUT2D eigenvalue weighted by molar-refractivity contribution is -0.141. The fourth-order valence-electron chi connectivity index (χ4n) is 3.68. The van der Waals surface area contributed by atoms with E-state index in [2.05, 4.69) is 20.3 Å². The molecule has 3 heterocycles. The van der Waals surface area contributed by atoms with Crippen LogP contribution in [-0.4, -0.2) is 35.2 Å². The number of nitrogens with one attached hydrogen (secondary N) is 1. The lowest BCUT2D eigenvalue weighted by atomic mass is 10.2. The van der Waals surface area contributed by atoms with Gasteiger partial charge in [-0.3, -0.25) is 9.36 Å². The van der Waals surface area contributed by atoms with E-state index in [1.165, 1.54) is 11.5 Å². The van der Waals surface area contributed by atoms with E-state index in [-0.39, 0.29) is 25.1 Å². The summed E-state index contributed by atoms with van der Waals surface area (Å²) in [7, 11) is 0. The molecule has 39 heavy (non-hydrogen) atoms. The molecule has 3 aromatic heterocycles. The number of nitrogens with zero attached hydrogens (tertiary/aromatic N) is 5. The van der Waals surface area contributed by atoms with E-state index in [1.807, 2.05) is 0 Å². The molecule has 1 atom stereocenters. The fraction of sp³-hybridized carbons (Fsp3) is 0.154. The van der Waals surface area contributed by atoms with Gasteiger partial charge < -0.3 is 19.6 Å². The average Bonchev–Trinajstić information content (AvgIpc) is 3.33. The van der Waals surface area contributed by atoms with Crippen LogP contribution < -0.4 is 21.4 Å². The molecule has 0 unspecified atom stereocenters. The summed E-state index contributed by atoms with van der Waals surface area (Å²) < 4.78 is 13.2. The maximum absolute atomic E-state index is 13.3. The van der Waals surface area contributed by atoms with E-state index in [9.17, 15) is 19.5 Å². The Hall–Kier alpha value is -4.97. The summed E-state index contributed by atoms with van der Waals surface area (Å²) in [5, 5.41) is 12.8. The minimum Gasteiger partial charge on any atom is -0.481 e. The summed E-state index contributed by atoms with van der Waals surface area (Å²) >= 11 is 5.98. The van der Waals surface area contributed by atoms with E-state index in [0.717, 1.165) is 10.1 Å². The topological polar surface area (TPSA) is 154 Å². The van der Waals surface area contributed by atoms with Crippen molar-refractivity contribution in [3.63, 3.8) is 0 Å². The van der Waals surface area contributed by atoms with Gasteiger partial charge in [0.1, 0.15) is 5.75 Å². The number of halogens is 1. The molecule has 2 aromatic carbocycles. The van der Waals surface area contributed by atoms with Crippen molar-refractivity contribution in [1.29, 1.82) is 0 Å². The zero-order valence-corrected chi connectivity index (χ0v) is 21.2. The van der Waals surface area contributed by atoms with E-state index in [0.29, 0.717) is 27.7 Å². The summed E-state index contributed by atoms with van der Waals surface area (Å²) in [6.45, 7) is 1.14. The predicted molar refractivity (Wildman–Crippen MR) is 142 cm³/mol. The monoisotopic (exact) mass is 548 g/mol. The molecule has 0 amide bonds. The van der Waals surface area contributed by atoms with Gasteiger partial charge in [0.2, 0.25) is 11.6 Å². The maximum atomic E-state index is 13.3. The minimum absolute atomic E-state index is 0.0159. The van der Waals surface area contributed by atoms with Gasteiger partial charge in [-0.15, -0.1) is 0 Å². The van der Waals surface area contributed by atoms with Gasteiger partial charge in [0.15, 0.2) is 5.58 Å². The molecule has 0 bridgehead atoms. The standard InChI is InChI=1S/C26H21ClN6O6/c1-15(22(34)35)13-33-24(36)31-23(32(26(33)37)14-16-4-6-17(27)7-5-16)29-18-8-10-19(11-9-18)38-25-30-21-20(39-25)3-2-12-28-21/h2-12,15H,13-14H2,1H3,(H,34,35)(H,29,31,36)/t15-/m0/s1. The Labute approximate surface area is 225 Å². The molecule has 0 aliphatic carbocycles. The summed E-state index contributed by atoms with van der Waals surface area (Å²) in [5.41, 5.74) is 0.567. The quantitative estimate of drug-likeness (QED) is 0.277. The average molecular weight is 549 g/mol. The molecule has 5 rings (SSSR count). The number of hydrogen-bond donors (Lipinski definition) is 2. The summed E-state index contributed by atoms with van der Waals surface area (Å²) in [6.07, 6.45) is 1.63. The Kier molecular flexibility index (Phi) is 7.10. The van der Waals surface area contributed by atoms with Gasteiger partial charge in [-0.1, -0.05) is 30.7 Å². The van der Waals surface area contributed by atoms with Crippen LogP contribution in [-0.2, 0) is 17.9 Å². The van der Waals surface area contributed by atoms with Gasteiger partial charge in [-0.05, 0) is 54.1 Å². The molecule has 0 saturated heterocycles. The number of benzene rings is 2. The lowest BCUT2D eigenvalue weighted by Gasteiger charge is -2.16. The zero-order chi connectivity index (χ0) is 27.5. The molecule has 5 aromatic rings. The maximum Gasteiger partial charge on any atom is 0.401 e. The largest absolute Gasteiger partial charge is 0.481 e. The Morgan fingerprint density at radius 3 is 2.51 bits per heavy atom. The molecule has 12 nitrogen and oxygen atoms in total. The first kappa shape index (κ1) is 25.7. The number of hydrogen-bond acceptors (Lipinski definition) is 9. The summed E-state index contributed by atoms with van der Waals surface area (Å²) in [6, 6.07) is 16.9. The first-order chi connectivity index (χ1) is 18.8. The number of rotatable bonds is 9. The highest BCUT2D eigenvalue weighted by Crippen LogP contribution is 2.26. The van der Waals surface area contributed by atoms with E-state index in [1.54, 1.807) is 66.9 Å². The summed E-state index contributed by atoms with van der Waals surface area (Å²) in [4.78, 5) is 49.7. The zero-order valence-electron chi connectivity index (χ0n) is 20.4. The van der Waals surface area contributed by atoms with Gasteiger partial charge in [-0.25, -0.2) is 19.1 Å². The first-order valence-electron chi connectivity index (χ1n) is 11.7. The fourth-order valence-corrected chi connectivity index (χ4v) is 3.80. The van der Waals surface area contributed by atoms with Crippen LogP contribution in [0, 0.1) is 5.92 Å². The highest BCUT2D eigenvalue weighted by molar-refractivity contribution is 6.30. The van der Waals surface area contributed by atoms with Gasteiger partial charge in [-0.2, -0.15) is 9.97 Å². The number of pyridine rings is 1. The molecule has 0 spiro atoms. The third-order valence-corrected chi connectivity index (χ3v) is 5.99. The van der Waals surface area contributed by atoms with Crippen LogP contribution in [0.5, 0.6) is 11.8 Å². The molecule has 0 radical (unpaired) electrons. The number of ether oxygens (including phenoxy) is 1. The molecule has 198 valence electrons. The second-order valence-electron chi connectivity index (χ2n) is 8.62. The molecular weight excluding hydrogens is 528 g/mol. The first-order valence-corrected chi connectivity index (χ1v) is 12.1. The van der Waals surface area contributed by atoms with E-state index >= 15 is 0 Å². The minimum atomic E-state index is -1.14. The van der Waals surface area contributed by atoms with Crippen LogP contribution >= 0.6 is 11.6 Å². The van der Waals surface area contributed by atoms with Crippen LogP contribution in [0.2, 0.25) is 5.02 Å². The lowest BCUT2D eigenvalue weighted by Crippen LogP contribution is -2.44. The number of aliphatic carboxylic acids is 1. The molecule has 0 aliphatic heterocycles. The molecular formula is C26H21ClN6O6. The third-order valence-electron chi connectivity index (χ3n) is 5.74. The Balaban J connectivity index is 1.43. The van der Waals surface area contributed by atoms with Crippen LogP contribution in [0.1, 0.15) is 12.5 Å². The summed E-state index contributed by atoms with van der Waals surface area (Å²) in [5.74, 6) is -1.69. The number of carboxylic acids is 1. The van der Waals surface area contributed by atoms with Crippen molar-refractivity contribution in [2.75, 3.05) is 5.32 Å². The number of aromatic nitrogens is 5. The van der Waals surface area contributed by atoms with Crippen molar-refractivity contribution in [2.24, 2.45) is 5.92 Å². The smallest absolute Gasteiger partial charge is 0.401 e. The van der Waals surface area contributed by atoms with Crippen LogP contribution in [0.4, 0.5) is 11.6 Å². The van der Waals surface area contributed by atoms with Crippen molar-refractivity contribution in [3.8, 4) is 11.8 Å². The highest BCUT2D eigenvalue weighted by Gasteiger charge is 2.19. The Morgan fingerprint density at radius 2 is 1.82 bits per heavy atom. The highest BCUT2D eigenvalue weighted by atomic mass is 35.5. The van der Waals surface area contributed by atoms with E-state index < -0.39 is 23.3 Å². The van der Waals surface area contributed by atoms with Crippen LogP contribution in [0.3, 0.4) is 0 Å². The Morgan fingerprint density at radius 1 is 1.08 bits per heavy atom. The van der Waals surface area contributed by atoms with Crippen molar-refractivity contribution in [2.45, 2.75) is 20.0 Å². The second-order valence-corrected chi connectivity index (χ2v) is 9.06. The van der Waals surface area contributed by atoms with Crippen LogP contribution in [0.15, 0.2) is 80.9 Å². The van der Waals surface area contributed by atoms with Gasteiger partial charge in [0.25, 0.3) is 0 Å². The molecule has 0 aliphatic rings. The number of oxazole rings is 1. The van der Waals surface area contributed by atoms with Crippen LogP contribution in [0.25, 0.3) is 11.2 Å². The number of carbonyl (C=O) groups is 1. The normalized spacial score (nSPS) is 11.8. The van der Waals surface area contributed by atoms with Crippen molar-refractivity contribution < 1.29 is 19.1 Å². The molecule has 0 fully saturated rings. The van der Waals surface area contributed by atoms with Gasteiger partial charge >= 0.3 is 23.4 Å². The second kappa shape index (κ2) is 10.8. The Bertz CT molecular complexity index is 1730. The third kappa shape index (κ3) is 5.80.